The molecule has 0 N–H and O–H groups in total. The van der Waals surface area contributed by atoms with Crippen LogP contribution in [-0.2, 0) is 5.41 Å². The zero-order chi connectivity index (χ0) is 24.7. The number of fused-ring (bicyclic) bond motifs is 3. The molecule has 0 bridgehead atoms. The van der Waals surface area contributed by atoms with E-state index in [4.69, 9.17) is 0 Å². The standard InChI is InChI=1S/C33H36N2/c1-7-34(8-2)27-17-19-29-30-20-18-28(22-32(30)33(5,6)31(29)21-27)35(25-13-9-23(3)10-14-25)26-15-11-24(4)12-16-26/h9-22H,7-8H2,1-6H3. The summed E-state index contributed by atoms with van der Waals surface area (Å²) >= 11 is 0. The van der Waals surface area contributed by atoms with E-state index in [0.29, 0.717) is 0 Å². The molecule has 5 rings (SSSR count). The summed E-state index contributed by atoms with van der Waals surface area (Å²) in [4.78, 5) is 4.81. The molecule has 0 atom stereocenters. The van der Waals surface area contributed by atoms with Gasteiger partial charge in [-0.15, -0.1) is 0 Å². The maximum Gasteiger partial charge on any atom is 0.0465 e. The van der Waals surface area contributed by atoms with Crippen molar-refractivity contribution in [2.75, 3.05) is 22.9 Å². The maximum atomic E-state index is 2.43. The van der Waals surface area contributed by atoms with Crippen LogP contribution in [0.5, 0.6) is 0 Å². The number of hydrogen-bond donors (Lipinski definition) is 0. The van der Waals surface area contributed by atoms with Crippen molar-refractivity contribution in [1.82, 2.24) is 0 Å². The normalized spacial score (nSPS) is 13.3. The van der Waals surface area contributed by atoms with Gasteiger partial charge < -0.3 is 9.80 Å². The molecule has 0 unspecified atom stereocenters. The smallest absolute Gasteiger partial charge is 0.0465 e. The lowest BCUT2D eigenvalue weighted by molar-refractivity contribution is 0.660. The van der Waals surface area contributed by atoms with Crippen molar-refractivity contribution in [2.45, 2.75) is 47.0 Å². The average molecular weight is 461 g/mol. The molecule has 0 aliphatic heterocycles. The third-order valence-electron chi connectivity index (χ3n) is 7.61. The van der Waals surface area contributed by atoms with Crippen LogP contribution in [0.25, 0.3) is 11.1 Å². The van der Waals surface area contributed by atoms with Gasteiger partial charge in [0.2, 0.25) is 0 Å². The topological polar surface area (TPSA) is 6.48 Å². The first kappa shape index (κ1) is 23.2. The minimum Gasteiger partial charge on any atom is -0.372 e. The van der Waals surface area contributed by atoms with E-state index < -0.39 is 0 Å². The first-order chi connectivity index (χ1) is 16.8. The second-order valence-electron chi connectivity index (χ2n) is 10.3. The molecule has 1 aliphatic carbocycles. The maximum absolute atomic E-state index is 2.43. The molecule has 0 aromatic heterocycles. The second kappa shape index (κ2) is 8.92. The van der Waals surface area contributed by atoms with Crippen LogP contribution in [0.15, 0.2) is 84.9 Å². The third-order valence-corrected chi connectivity index (χ3v) is 7.61. The van der Waals surface area contributed by atoms with E-state index in [9.17, 15) is 0 Å². The average Bonchev–Trinajstić information content (AvgIpc) is 3.09. The van der Waals surface area contributed by atoms with Gasteiger partial charge in [0.05, 0.1) is 0 Å². The van der Waals surface area contributed by atoms with E-state index in [1.807, 2.05) is 0 Å². The minimum absolute atomic E-state index is 0.0595. The lowest BCUT2D eigenvalue weighted by atomic mass is 9.82. The molecule has 0 heterocycles. The first-order valence-corrected chi connectivity index (χ1v) is 12.8. The summed E-state index contributed by atoms with van der Waals surface area (Å²) in [5, 5.41) is 0. The molecule has 2 heteroatoms. The predicted molar refractivity (Wildman–Crippen MR) is 152 cm³/mol. The molecule has 1 aliphatic rings. The molecule has 0 spiro atoms. The van der Waals surface area contributed by atoms with Gasteiger partial charge in [-0.1, -0.05) is 61.4 Å². The highest BCUT2D eigenvalue weighted by Gasteiger charge is 2.36. The highest BCUT2D eigenvalue weighted by Crippen LogP contribution is 2.51. The molecule has 35 heavy (non-hydrogen) atoms. The Labute approximate surface area is 210 Å². The summed E-state index contributed by atoms with van der Waals surface area (Å²) in [5.41, 5.74) is 12.9. The van der Waals surface area contributed by atoms with Gasteiger partial charge in [-0.2, -0.15) is 0 Å². The Hall–Kier alpha value is -3.52. The summed E-state index contributed by atoms with van der Waals surface area (Å²) in [6.07, 6.45) is 0. The van der Waals surface area contributed by atoms with Crippen LogP contribution in [-0.4, -0.2) is 13.1 Å². The van der Waals surface area contributed by atoms with E-state index in [1.54, 1.807) is 0 Å². The Kier molecular flexibility index (Phi) is 5.92. The van der Waals surface area contributed by atoms with Gasteiger partial charge in [0, 0.05) is 41.3 Å². The van der Waals surface area contributed by atoms with Crippen molar-refractivity contribution in [1.29, 1.82) is 0 Å². The summed E-state index contributed by atoms with van der Waals surface area (Å²) in [5.74, 6) is 0. The Morgan fingerprint density at radius 2 is 0.943 bits per heavy atom. The zero-order valence-corrected chi connectivity index (χ0v) is 21.9. The van der Waals surface area contributed by atoms with Crippen molar-refractivity contribution in [3.05, 3.63) is 107 Å². The lowest BCUT2D eigenvalue weighted by Crippen LogP contribution is -2.23. The van der Waals surface area contributed by atoms with Crippen LogP contribution in [0.3, 0.4) is 0 Å². The summed E-state index contributed by atoms with van der Waals surface area (Å²) < 4.78 is 0. The summed E-state index contributed by atoms with van der Waals surface area (Å²) in [6, 6.07) is 31.7. The quantitative estimate of drug-likeness (QED) is 0.283. The molecule has 4 aromatic rings. The van der Waals surface area contributed by atoms with Gasteiger partial charge in [0.1, 0.15) is 0 Å². The summed E-state index contributed by atoms with van der Waals surface area (Å²) in [6.45, 7) is 15.5. The highest BCUT2D eigenvalue weighted by atomic mass is 15.1. The molecule has 178 valence electrons. The molecule has 0 radical (unpaired) electrons. The lowest BCUT2D eigenvalue weighted by Gasteiger charge is -2.28. The number of rotatable bonds is 6. The van der Waals surface area contributed by atoms with Crippen molar-refractivity contribution in [2.24, 2.45) is 0 Å². The number of hydrogen-bond acceptors (Lipinski definition) is 2. The molecule has 2 nitrogen and oxygen atoms in total. The predicted octanol–water partition coefficient (Wildman–Crippen LogP) is 8.93. The zero-order valence-electron chi connectivity index (χ0n) is 21.9. The van der Waals surface area contributed by atoms with E-state index in [-0.39, 0.29) is 5.41 Å². The Balaban J connectivity index is 1.63. The molecule has 0 saturated carbocycles. The van der Waals surface area contributed by atoms with Gasteiger partial charge >= 0.3 is 0 Å². The van der Waals surface area contributed by atoms with E-state index in [1.165, 1.54) is 56.1 Å². The first-order valence-electron chi connectivity index (χ1n) is 12.8. The largest absolute Gasteiger partial charge is 0.372 e. The molecule has 0 fully saturated rings. The van der Waals surface area contributed by atoms with Gasteiger partial charge in [0.25, 0.3) is 0 Å². The second-order valence-corrected chi connectivity index (χ2v) is 10.3. The molecule has 0 amide bonds. The molecule has 0 saturated heterocycles. The molecular weight excluding hydrogens is 424 g/mol. The number of aryl methyl sites for hydroxylation is 2. The van der Waals surface area contributed by atoms with E-state index >= 15 is 0 Å². The van der Waals surface area contributed by atoms with Crippen LogP contribution in [0.4, 0.5) is 22.7 Å². The van der Waals surface area contributed by atoms with Crippen molar-refractivity contribution in [3.63, 3.8) is 0 Å². The number of benzene rings is 4. The summed E-state index contributed by atoms with van der Waals surface area (Å²) in [7, 11) is 0. The van der Waals surface area contributed by atoms with Crippen molar-refractivity contribution >= 4 is 22.7 Å². The van der Waals surface area contributed by atoms with Gasteiger partial charge in [-0.25, -0.2) is 0 Å². The molecule has 4 aromatic carbocycles. The Morgan fingerprint density at radius 1 is 0.543 bits per heavy atom. The van der Waals surface area contributed by atoms with E-state index in [2.05, 4.69) is 136 Å². The van der Waals surface area contributed by atoms with Crippen LogP contribution in [0, 0.1) is 13.8 Å². The fraction of sp³-hybridized carbons (Fsp3) is 0.273. The van der Waals surface area contributed by atoms with Gasteiger partial charge in [0.15, 0.2) is 0 Å². The van der Waals surface area contributed by atoms with Crippen LogP contribution < -0.4 is 9.80 Å². The number of anilines is 4. The Morgan fingerprint density at radius 3 is 1.40 bits per heavy atom. The SMILES string of the molecule is CCN(CC)c1ccc2c(c1)C(C)(C)c1cc(N(c3ccc(C)cc3)c3ccc(C)cc3)ccc1-2. The minimum atomic E-state index is -0.0595. The van der Waals surface area contributed by atoms with Crippen LogP contribution in [0.1, 0.15) is 49.9 Å². The fourth-order valence-corrected chi connectivity index (χ4v) is 5.47. The molecular formula is C33H36N2. The third kappa shape index (κ3) is 4.01. The van der Waals surface area contributed by atoms with Gasteiger partial charge in [-0.3, -0.25) is 0 Å². The van der Waals surface area contributed by atoms with Crippen molar-refractivity contribution < 1.29 is 0 Å². The number of nitrogens with zero attached hydrogens (tertiary/aromatic N) is 2. The fourth-order valence-electron chi connectivity index (χ4n) is 5.47. The Bertz CT molecular complexity index is 1300. The van der Waals surface area contributed by atoms with Crippen LogP contribution in [0.2, 0.25) is 0 Å². The highest BCUT2D eigenvalue weighted by molar-refractivity contribution is 5.86. The van der Waals surface area contributed by atoms with Crippen LogP contribution >= 0.6 is 0 Å². The monoisotopic (exact) mass is 460 g/mol. The van der Waals surface area contributed by atoms with E-state index in [0.717, 1.165) is 13.1 Å². The van der Waals surface area contributed by atoms with Crippen molar-refractivity contribution in [3.8, 4) is 11.1 Å². The van der Waals surface area contributed by atoms with Gasteiger partial charge in [-0.05, 0) is 98.5 Å².